The molecule has 1 N–H and O–H groups in total. The first-order valence-corrected chi connectivity index (χ1v) is 7.35. The molecule has 1 amide bonds. The van der Waals surface area contributed by atoms with Gasteiger partial charge >= 0.3 is 0 Å². The molecule has 3 aromatic rings. The molecule has 2 heterocycles. The second-order valence-corrected chi connectivity index (χ2v) is 5.44. The van der Waals surface area contributed by atoms with E-state index in [1.165, 1.54) is 30.4 Å². The smallest absolute Gasteiger partial charge is 0.216 e. The van der Waals surface area contributed by atoms with Gasteiger partial charge in [0, 0.05) is 30.8 Å². The van der Waals surface area contributed by atoms with Crippen LogP contribution in [0.2, 0.25) is 0 Å². The van der Waals surface area contributed by atoms with Crippen LogP contribution in [0, 0.1) is 5.82 Å². The fraction of sp³-hybridized carbons (Fsp3) is 0.214. The number of benzene rings is 1. The van der Waals surface area contributed by atoms with Crippen molar-refractivity contribution in [1.82, 2.24) is 19.9 Å². The van der Waals surface area contributed by atoms with Crippen molar-refractivity contribution in [3.05, 3.63) is 41.2 Å². The fourth-order valence-corrected chi connectivity index (χ4v) is 2.87. The molecule has 21 heavy (non-hydrogen) atoms. The number of fused-ring (bicyclic) bond motifs is 1. The maximum atomic E-state index is 13.3. The van der Waals surface area contributed by atoms with Gasteiger partial charge < -0.3 is 5.32 Å². The third-order valence-electron chi connectivity index (χ3n) is 2.99. The van der Waals surface area contributed by atoms with Gasteiger partial charge in [-0.3, -0.25) is 4.79 Å². The van der Waals surface area contributed by atoms with E-state index in [1.807, 2.05) is 5.38 Å². The van der Waals surface area contributed by atoms with Crippen molar-refractivity contribution in [3.8, 4) is 11.4 Å². The molecule has 0 fully saturated rings. The fourth-order valence-electron chi connectivity index (χ4n) is 2.01. The summed E-state index contributed by atoms with van der Waals surface area (Å²) in [5.41, 5.74) is 1.62. The van der Waals surface area contributed by atoms with Gasteiger partial charge in [0.1, 0.15) is 5.82 Å². The second kappa shape index (κ2) is 5.61. The number of nitrogens with one attached hydrogen (secondary N) is 1. The van der Waals surface area contributed by atoms with Crippen LogP contribution < -0.4 is 5.32 Å². The number of hydrogen-bond donors (Lipinski definition) is 1. The molecule has 0 spiro atoms. The lowest BCUT2D eigenvalue weighted by molar-refractivity contribution is -0.118. The lowest BCUT2D eigenvalue weighted by atomic mass is 10.2. The quantitative estimate of drug-likeness (QED) is 0.804. The lowest BCUT2D eigenvalue weighted by Gasteiger charge is -2.00. The van der Waals surface area contributed by atoms with E-state index in [0.717, 1.165) is 10.7 Å². The molecule has 2 aromatic heterocycles. The summed E-state index contributed by atoms with van der Waals surface area (Å²) in [6.45, 7) is 2.04. The highest BCUT2D eigenvalue weighted by Gasteiger charge is 2.11. The van der Waals surface area contributed by atoms with E-state index in [4.69, 9.17) is 0 Å². The zero-order valence-corrected chi connectivity index (χ0v) is 12.2. The highest BCUT2D eigenvalue weighted by molar-refractivity contribution is 7.15. The molecule has 0 saturated heterocycles. The molecule has 0 aliphatic rings. The van der Waals surface area contributed by atoms with Gasteiger partial charge in [-0.1, -0.05) is 12.1 Å². The largest absolute Gasteiger partial charge is 0.356 e. The Kier molecular flexibility index (Phi) is 3.66. The van der Waals surface area contributed by atoms with E-state index < -0.39 is 0 Å². The van der Waals surface area contributed by atoms with E-state index in [0.29, 0.717) is 24.4 Å². The molecule has 0 unspecified atom stereocenters. The molecule has 5 nitrogen and oxygen atoms in total. The SMILES string of the molecule is CC(=O)NCCc1csc2nc(-c3cccc(F)c3)nn12. The van der Waals surface area contributed by atoms with Crippen molar-refractivity contribution in [2.24, 2.45) is 0 Å². The molecule has 7 heteroatoms. The van der Waals surface area contributed by atoms with Gasteiger partial charge in [0.15, 0.2) is 5.82 Å². The first-order chi connectivity index (χ1) is 10.1. The molecule has 0 bridgehead atoms. The first kappa shape index (κ1) is 13.7. The number of aromatic nitrogens is 3. The van der Waals surface area contributed by atoms with Crippen LogP contribution in [0.4, 0.5) is 4.39 Å². The van der Waals surface area contributed by atoms with Gasteiger partial charge in [0.25, 0.3) is 0 Å². The third-order valence-corrected chi connectivity index (χ3v) is 3.85. The normalized spacial score (nSPS) is 11.0. The van der Waals surface area contributed by atoms with Crippen molar-refractivity contribution in [3.63, 3.8) is 0 Å². The Bertz CT molecular complexity index is 795. The van der Waals surface area contributed by atoms with Gasteiger partial charge in [-0.05, 0) is 12.1 Å². The van der Waals surface area contributed by atoms with Gasteiger partial charge in [0.05, 0.1) is 5.69 Å². The van der Waals surface area contributed by atoms with E-state index in [1.54, 1.807) is 16.6 Å². The molecule has 0 aliphatic carbocycles. The van der Waals surface area contributed by atoms with Gasteiger partial charge in [-0.25, -0.2) is 8.91 Å². The van der Waals surface area contributed by atoms with Crippen molar-refractivity contribution >= 4 is 22.2 Å². The van der Waals surface area contributed by atoms with Crippen LogP contribution in [0.15, 0.2) is 29.6 Å². The zero-order chi connectivity index (χ0) is 14.8. The van der Waals surface area contributed by atoms with Crippen molar-refractivity contribution in [2.75, 3.05) is 6.54 Å². The van der Waals surface area contributed by atoms with Crippen molar-refractivity contribution in [2.45, 2.75) is 13.3 Å². The maximum absolute atomic E-state index is 13.3. The minimum atomic E-state index is -0.309. The van der Waals surface area contributed by atoms with Crippen LogP contribution in [0.1, 0.15) is 12.6 Å². The molecule has 1 aromatic carbocycles. The van der Waals surface area contributed by atoms with Gasteiger partial charge in [0.2, 0.25) is 10.9 Å². The highest BCUT2D eigenvalue weighted by atomic mass is 32.1. The van der Waals surface area contributed by atoms with Crippen LogP contribution in [0.3, 0.4) is 0 Å². The van der Waals surface area contributed by atoms with Crippen LogP contribution in [-0.4, -0.2) is 27.0 Å². The standard InChI is InChI=1S/C14H13FN4OS/c1-9(20)16-6-5-12-8-21-14-17-13(18-19(12)14)10-3-2-4-11(15)7-10/h2-4,7-8H,5-6H2,1H3,(H,16,20). The number of nitrogens with zero attached hydrogens (tertiary/aromatic N) is 3. The molecule has 0 saturated carbocycles. The summed E-state index contributed by atoms with van der Waals surface area (Å²) >= 11 is 1.48. The zero-order valence-electron chi connectivity index (χ0n) is 11.3. The van der Waals surface area contributed by atoms with Crippen LogP contribution >= 0.6 is 11.3 Å². The summed E-state index contributed by atoms with van der Waals surface area (Å²) < 4.78 is 15.0. The minimum absolute atomic E-state index is 0.0551. The summed E-state index contributed by atoms with van der Waals surface area (Å²) in [6.07, 6.45) is 0.672. The van der Waals surface area contributed by atoms with Gasteiger partial charge in [-0.2, -0.15) is 4.98 Å². The number of thiazole rings is 1. The van der Waals surface area contributed by atoms with E-state index in [-0.39, 0.29) is 11.7 Å². The van der Waals surface area contributed by atoms with E-state index >= 15 is 0 Å². The van der Waals surface area contributed by atoms with Crippen LogP contribution in [0.5, 0.6) is 0 Å². The second-order valence-electron chi connectivity index (χ2n) is 4.60. The summed E-state index contributed by atoms with van der Waals surface area (Å²) in [6, 6.07) is 6.22. The van der Waals surface area contributed by atoms with Gasteiger partial charge in [-0.15, -0.1) is 16.4 Å². The molecule has 0 aliphatic heterocycles. The van der Waals surface area contributed by atoms with Crippen molar-refractivity contribution < 1.29 is 9.18 Å². The molecule has 3 rings (SSSR count). The van der Waals surface area contributed by atoms with Crippen LogP contribution in [0.25, 0.3) is 16.3 Å². The monoisotopic (exact) mass is 304 g/mol. The van der Waals surface area contributed by atoms with Crippen molar-refractivity contribution in [1.29, 1.82) is 0 Å². The van der Waals surface area contributed by atoms with E-state index in [9.17, 15) is 9.18 Å². The third kappa shape index (κ3) is 2.92. The topological polar surface area (TPSA) is 59.3 Å². The summed E-state index contributed by atoms with van der Waals surface area (Å²) in [5.74, 6) is 0.138. The number of rotatable bonds is 4. The average Bonchev–Trinajstić information content (AvgIpc) is 3.00. The number of halogens is 1. The predicted octanol–water partition coefficient (Wildman–Crippen LogP) is 2.28. The molecular weight excluding hydrogens is 291 g/mol. The first-order valence-electron chi connectivity index (χ1n) is 6.47. The Morgan fingerprint density at radius 3 is 3.10 bits per heavy atom. The minimum Gasteiger partial charge on any atom is -0.356 e. The Morgan fingerprint density at radius 2 is 2.33 bits per heavy atom. The highest BCUT2D eigenvalue weighted by Crippen LogP contribution is 2.21. The Balaban J connectivity index is 1.87. The summed E-state index contributed by atoms with van der Waals surface area (Å²) in [5, 5.41) is 9.13. The Hall–Kier alpha value is -2.28. The lowest BCUT2D eigenvalue weighted by Crippen LogP contribution is -2.22. The maximum Gasteiger partial charge on any atom is 0.216 e. The summed E-state index contributed by atoms with van der Waals surface area (Å²) in [4.78, 5) is 16.0. The molecular formula is C14H13FN4OS. The Morgan fingerprint density at radius 1 is 1.48 bits per heavy atom. The number of carbonyl (C=O) groups excluding carboxylic acids is 1. The Labute approximate surface area is 124 Å². The predicted molar refractivity (Wildman–Crippen MR) is 78.6 cm³/mol. The molecule has 108 valence electrons. The number of carbonyl (C=O) groups is 1. The van der Waals surface area contributed by atoms with Crippen LogP contribution in [-0.2, 0) is 11.2 Å². The number of amides is 1. The average molecular weight is 304 g/mol. The molecule has 0 atom stereocenters. The number of hydrogen-bond acceptors (Lipinski definition) is 4. The van der Waals surface area contributed by atoms with E-state index in [2.05, 4.69) is 15.4 Å². The summed E-state index contributed by atoms with van der Waals surface area (Å²) in [7, 11) is 0. The molecule has 0 radical (unpaired) electrons.